The van der Waals surface area contributed by atoms with Crippen molar-refractivity contribution in [2.45, 2.75) is 13.0 Å². The first-order valence-corrected chi connectivity index (χ1v) is 6.36. The number of aliphatic hydroxyl groups is 1. The molecule has 0 saturated carbocycles. The summed E-state index contributed by atoms with van der Waals surface area (Å²) in [6.45, 7) is 2.01. The van der Waals surface area contributed by atoms with Crippen molar-refractivity contribution in [3.8, 4) is 0 Å². The molecule has 0 fully saturated rings. The van der Waals surface area contributed by atoms with Crippen LogP contribution in [0.15, 0.2) is 43.9 Å². The summed E-state index contributed by atoms with van der Waals surface area (Å²) in [7, 11) is 0. The Hall–Kier alpha value is -0.580. The molecule has 0 amide bonds. The summed E-state index contributed by atoms with van der Waals surface area (Å²) < 4.78 is 6.77. The number of benzene rings is 1. The van der Waals surface area contributed by atoms with E-state index in [1.54, 1.807) is 6.07 Å². The number of hydrogen-bond donors (Lipinski definition) is 1. The van der Waals surface area contributed by atoms with Gasteiger partial charge in [-0.2, -0.15) is 0 Å². The summed E-state index contributed by atoms with van der Waals surface area (Å²) in [6.07, 6.45) is -0.733. The van der Waals surface area contributed by atoms with Crippen LogP contribution in [0.5, 0.6) is 0 Å². The van der Waals surface area contributed by atoms with Crippen molar-refractivity contribution in [3.05, 3.63) is 56.4 Å². The zero-order valence-electron chi connectivity index (χ0n) is 8.58. The summed E-state index contributed by atoms with van der Waals surface area (Å²) in [5, 5.41) is 10.1. The molecular formula is C12H10Br2O2. The second kappa shape index (κ2) is 4.73. The van der Waals surface area contributed by atoms with Crippen LogP contribution in [0.3, 0.4) is 0 Å². The molecule has 0 aliphatic heterocycles. The molecule has 2 nitrogen and oxygen atoms in total. The van der Waals surface area contributed by atoms with Crippen LogP contribution in [0.4, 0.5) is 0 Å². The highest BCUT2D eigenvalue weighted by molar-refractivity contribution is 9.13. The monoisotopic (exact) mass is 344 g/mol. The van der Waals surface area contributed by atoms with Crippen LogP contribution in [-0.4, -0.2) is 5.11 Å². The van der Waals surface area contributed by atoms with Gasteiger partial charge in [0, 0.05) is 0 Å². The number of hydrogen-bond acceptors (Lipinski definition) is 2. The standard InChI is InChI=1S/C12H10Br2O2/c1-7-2-4-8(5-3-7)11(15)10-6-9(13)12(14)16-10/h2-6,11,15H,1H3. The van der Waals surface area contributed by atoms with Gasteiger partial charge in [0.25, 0.3) is 0 Å². The van der Waals surface area contributed by atoms with Gasteiger partial charge in [-0.05, 0) is 50.4 Å². The average Bonchev–Trinajstić information content (AvgIpc) is 2.59. The molecule has 4 heteroatoms. The molecule has 1 atom stereocenters. The van der Waals surface area contributed by atoms with E-state index in [-0.39, 0.29) is 0 Å². The SMILES string of the molecule is Cc1ccc(C(O)c2cc(Br)c(Br)o2)cc1. The highest BCUT2D eigenvalue weighted by Crippen LogP contribution is 2.32. The van der Waals surface area contributed by atoms with Crippen molar-refractivity contribution in [2.24, 2.45) is 0 Å². The lowest BCUT2D eigenvalue weighted by Gasteiger charge is -2.07. The van der Waals surface area contributed by atoms with E-state index in [1.165, 1.54) is 0 Å². The first kappa shape index (κ1) is 11.9. The van der Waals surface area contributed by atoms with Gasteiger partial charge >= 0.3 is 0 Å². The van der Waals surface area contributed by atoms with E-state index in [2.05, 4.69) is 31.9 Å². The summed E-state index contributed by atoms with van der Waals surface area (Å²) in [4.78, 5) is 0. The van der Waals surface area contributed by atoms with Crippen molar-refractivity contribution >= 4 is 31.9 Å². The third kappa shape index (κ3) is 2.39. The molecule has 0 spiro atoms. The Kier molecular flexibility index (Phi) is 3.52. The summed E-state index contributed by atoms with van der Waals surface area (Å²) in [6, 6.07) is 9.47. The van der Waals surface area contributed by atoms with E-state index in [0.717, 1.165) is 15.6 Å². The van der Waals surface area contributed by atoms with E-state index < -0.39 is 6.10 Å². The van der Waals surface area contributed by atoms with Gasteiger partial charge in [-0.3, -0.25) is 0 Å². The Morgan fingerprint density at radius 2 is 1.81 bits per heavy atom. The molecule has 1 unspecified atom stereocenters. The molecule has 0 saturated heterocycles. The Balaban J connectivity index is 2.31. The summed E-state index contributed by atoms with van der Waals surface area (Å²) in [5.41, 5.74) is 1.98. The van der Waals surface area contributed by atoms with E-state index >= 15 is 0 Å². The van der Waals surface area contributed by atoms with Gasteiger partial charge in [0.1, 0.15) is 11.9 Å². The van der Waals surface area contributed by atoms with Crippen molar-refractivity contribution in [1.82, 2.24) is 0 Å². The fraction of sp³-hybridized carbons (Fsp3) is 0.167. The third-order valence-electron chi connectivity index (χ3n) is 2.33. The molecule has 1 heterocycles. The molecule has 0 aliphatic rings. The van der Waals surface area contributed by atoms with Gasteiger partial charge in [0.15, 0.2) is 4.67 Å². The second-order valence-electron chi connectivity index (χ2n) is 3.58. The molecule has 2 rings (SSSR count). The molecule has 0 aliphatic carbocycles. The van der Waals surface area contributed by atoms with E-state index in [9.17, 15) is 5.11 Å². The highest BCUT2D eigenvalue weighted by atomic mass is 79.9. The van der Waals surface area contributed by atoms with Crippen LogP contribution in [-0.2, 0) is 0 Å². The van der Waals surface area contributed by atoms with Gasteiger partial charge in [-0.15, -0.1) is 0 Å². The minimum atomic E-state index is -0.733. The zero-order chi connectivity index (χ0) is 11.7. The van der Waals surface area contributed by atoms with Crippen molar-refractivity contribution in [2.75, 3.05) is 0 Å². The lowest BCUT2D eigenvalue weighted by atomic mass is 10.1. The maximum Gasteiger partial charge on any atom is 0.183 e. The van der Waals surface area contributed by atoms with Crippen molar-refractivity contribution < 1.29 is 9.52 Å². The van der Waals surface area contributed by atoms with E-state index in [0.29, 0.717) is 10.4 Å². The van der Waals surface area contributed by atoms with Gasteiger partial charge < -0.3 is 9.52 Å². The van der Waals surface area contributed by atoms with Crippen LogP contribution in [0.1, 0.15) is 23.0 Å². The second-order valence-corrected chi connectivity index (χ2v) is 5.16. The van der Waals surface area contributed by atoms with E-state index in [1.807, 2.05) is 31.2 Å². The summed E-state index contributed by atoms with van der Waals surface area (Å²) in [5.74, 6) is 0.516. The maximum atomic E-state index is 10.1. The predicted octanol–water partition coefficient (Wildman–Crippen LogP) is 4.19. The molecule has 16 heavy (non-hydrogen) atoms. The van der Waals surface area contributed by atoms with Crippen molar-refractivity contribution in [3.63, 3.8) is 0 Å². The lowest BCUT2D eigenvalue weighted by Crippen LogP contribution is -1.97. The number of rotatable bonds is 2. The Morgan fingerprint density at radius 1 is 1.19 bits per heavy atom. The van der Waals surface area contributed by atoms with Crippen LogP contribution < -0.4 is 0 Å². The van der Waals surface area contributed by atoms with Gasteiger partial charge in [-0.1, -0.05) is 29.8 Å². The Morgan fingerprint density at radius 3 is 2.31 bits per heavy atom. The lowest BCUT2D eigenvalue weighted by molar-refractivity contribution is 0.187. The average molecular weight is 346 g/mol. The molecule has 1 aromatic heterocycles. The van der Waals surface area contributed by atoms with E-state index in [4.69, 9.17) is 4.42 Å². The third-order valence-corrected chi connectivity index (χ3v) is 4.04. The van der Waals surface area contributed by atoms with Crippen LogP contribution >= 0.6 is 31.9 Å². The topological polar surface area (TPSA) is 33.4 Å². The highest BCUT2D eigenvalue weighted by Gasteiger charge is 2.16. The fourth-order valence-electron chi connectivity index (χ4n) is 1.41. The molecule has 84 valence electrons. The van der Waals surface area contributed by atoms with Crippen molar-refractivity contribution in [1.29, 1.82) is 0 Å². The largest absolute Gasteiger partial charge is 0.450 e. The maximum absolute atomic E-state index is 10.1. The van der Waals surface area contributed by atoms with Gasteiger partial charge in [0.05, 0.1) is 4.47 Å². The number of furan rings is 1. The number of aliphatic hydroxyl groups excluding tert-OH is 1. The quantitative estimate of drug-likeness (QED) is 0.885. The minimum Gasteiger partial charge on any atom is -0.450 e. The minimum absolute atomic E-state index is 0.516. The normalized spacial score (nSPS) is 12.8. The summed E-state index contributed by atoms with van der Waals surface area (Å²) >= 11 is 6.56. The molecule has 1 aromatic carbocycles. The number of aryl methyl sites for hydroxylation is 1. The Labute approximate surface area is 111 Å². The molecule has 0 bridgehead atoms. The first-order chi connectivity index (χ1) is 7.58. The van der Waals surface area contributed by atoms with Crippen LogP contribution in [0.2, 0.25) is 0 Å². The van der Waals surface area contributed by atoms with Crippen LogP contribution in [0.25, 0.3) is 0 Å². The molecule has 0 radical (unpaired) electrons. The molecule has 1 N–H and O–H groups in total. The van der Waals surface area contributed by atoms with Gasteiger partial charge in [0.2, 0.25) is 0 Å². The molecular weight excluding hydrogens is 336 g/mol. The zero-order valence-corrected chi connectivity index (χ0v) is 11.7. The predicted molar refractivity (Wildman–Crippen MR) is 69.3 cm³/mol. The Bertz CT molecular complexity index is 469. The molecule has 2 aromatic rings. The first-order valence-electron chi connectivity index (χ1n) is 4.77. The van der Waals surface area contributed by atoms with Gasteiger partial charge in [-0.25, -0.2) is 0 Å². The number of halogens is 2. The smallest absolute Gasteiger partial charge is 0.183 e. The van der Waals surface area contributed by atoms with Crippen LogP contribution in [0, 0.1) is 6.92 Å². The fourth-order valence-corrected chi connectivity index (χ4v) is 2.02.